The van der Waals surface area contributed by atoms with Gasteiger partial charge in [-0.15, -0.1) is 0 Å². The highest BCUT2D eigenvalue weighted by molar-refractivity contribution is 5.66. The molecule has 4 rings (SSSR count). The zero-order valence-electron chi connectivity index (χ0n) is 15.7. The van der Waals surface area contributed by atoms with Crippen LogP contribution >= 0.6 is 0 Å². The van der Waals surface area contributed by atoms with Gasteiger partial charge in [-0.2, -0.15) is 13.2 Å². The van der Waals surface area contributed by atoms with Crippen LogP contribution in [0.3, 0.4) is 0 Å². The second-order valence-corrected chi connectivity index (χ2v) is 7.22. The monoisotopic (exact) mass is 398 g/mol. The molecule has 0 spiro atoms. The first kappa shape index (κ1) is 19.4. The van der Waals surface area contributed by atoms with Crippen LogP contribution in [0, 0.1) is 0 Å². The summed E-state index contributed by atoms with van der Waals surface area (Å²) < 4.78 is 38.7. The summed E-state index contributed by atoms with van der Waals surface area (Å²) in [6.07, 6.45) is -0.818. The van der Waals surface area contributed by atoms with Gasteiger partial charge in [-0.25, -0.2) is 9.97 Å². The summed E-state index contributed by atoms with van der Waals surface area (Å²) in [5.74, 6) is 0.169. The van der Waals surface area contributed by atoms with E-state index < -0.39 is 11.7 Å². The van der Waals surface area contributed by atoms with Crippen LogP contribution in [0.1, 0.15) is 35.7 Å². The predicted octanol–water partition coefficient (Wildman–Crippen LogP) is 5.08. The predicted molar refractivity (Wildman–Crippen MR) is 106 cm³/mol. The van der Waals surface area contributed by atoms with Gasteiger partial charge < -0.3 is 5.73 Å². The summed E-state index contributed by atoms with van der Waals surface area (Å²) in [5.41, 5.74) is 8.54. The van der Waals surface area contributed by atoms with Crippen molar-refractivity contribution in [2.75, 3.05) is 12.3 Å². The lowest BCUT2D eigenvalue weighted by molar-refractivity contribution is -0.137. The van der Waals surface area contributed by atoms with Crippen LogP contribution in [0.15, 0.2) is 60.8 Å². The second-order valence-electron chi connectivity index (χ2n) is 7.22. The Morgan fingerprint density at radius 1 is 1.03 bits per heavy atom. The number of benzene rings is 2. The molecule has 0 bridgehead atoms. The number of rotatable bonds is 4. The number of likely N-dealkylation sites (tertiary alicyclic amines) is 1. The van der Waals surface area contributed by atoms with Crippen molar-refractivity contribution in [3.63, 3.8) is 0 Å². The average molecular weight is 398 g/mol. The number of nitrogens with zero attached hydrogens (tertiary/aromatic N) is 3. The van der Waals surface area contributed by atoms with Crippen molar-refractivity contribution in [2.45, 2.75) is 31.6 Å². The summed E-state index contributed by atoms with van der Waals surface area (Å²) in [5, 5.41) is 0. The molecule has 3 aromatic rings. The number of alkyl halides is 3. The zero-order valence-corrected chi connectivity index (χ0v) is 15.7. The van der Waals surface area contributed by atoms with Crippen molar-refractivity contribution in [3.8, 4) is 11.1 Å². The molecule has 0 aliphatic carbocycles. The van der Waals surface area contributed by atoms with Gasteiger partial charge in [-0.3, -0.25) is 4.90 Å². The number of aromatic nitrogens is 2. The summed E-state index contributed by atoms with van der Waals surface area (Å²) in [7, 11) is 0. The standard InChI is InChI=1S/C22H21F3N4/c23-22(24,25)17-10-8-16(9-11-17)18-13-27-21(26)28-20(18)19-7-4-12-29(19)14-15-5-2-1-3-6-15/h1-3,5-6,8-11,13,19H,4,7,12,14H2,(H2,26,27,28)/t19-/m0/s1. The Balaban J connectivity index is 1.68. The summed E-state index contributed by atoms with van der Waals surface area (Å²) in [6, 6.07) is 15.3. The Labute approximate surface area is 167 Å². The molecule has 0 saturated carbocycles. The van der Waals surface area contributed by atoms with Crippen LogP contribution in [0.5, 0.6) is 0 Å². The molecule has 1 fully saturated rings. The van der Waals surface area contributed by atoms with E-state index in [2.05, 4.69) is 27.0 Å². The van der Waals surface area contributed by atoms with Crippen molar-refractivity contribution in [1.82, 2.24) is 14.9 Å². The van der Waals surface area contributed by atoms with E-state index in [0.29, 0.717) is 5.56 Å². The van der Waals surface area contributed by atoms with Crippen LogP contribution in [0.4, 0.5) is 19.1 Å². The topological polar surface area (TPSA) is 55.0 Å². The molecule has 150 valence electrons. The van der Waals surface area contributed by atoms with E-state index in [1.807, 2.05) is 18.2 Å². The van der Waals surface area contributed by atoms with Crippen molar-refractivity contribution in [3.05, 3.63) is 77.6 Å². The van der Waals surface area contributed by atoms with Gasteiger partial charge in [-0.1, -0.05) is 42.5 Å². The average Bonchev–Trinajstić information content (AvgIpc) is 3.16. The minimum absolute atomic E-state index is 0.0396. The number of halogens is 3. The first-order chi connectivity index (χ1) is 13.9. The maximum atomic E-state index is 12.9. The van der Waals surface area contributed by atoms with Crippen LogP contribution in [-0.2, 0) is 12.7 Å². The van der Waals surface area contributed by atoms with Crippen molar-refractivity contribution >= 4 is 5.95 Å². The molecule has 1 saturated heterocycles. The Hall–Kier alpha value is -2.93. The molecule has 1 aromatic heterocycles. The molecular weight excluding hydrogens is 377 g/mol. The van der Waals surface area contributed by atoms with Gasteiger partial charge in [0.15, 0.2) is 0 Å². The van der Waals surface area contributed by atoms with E-state index >= 15 is 0 Å². The number of anilines is 1. The van der Waals surface area contributed by atoms with E-state index in [0.717, 1.165) is 49.3 Å². The van der Waals surface area contributed by atoms with Crippen LogP contribution in [0.2, 0.25) is 0 Å². The number of hydrogen-bond donors (Lipinski definition) is 1. The Morgan fingerprint density at radius 3 is 2.45 bits per heavy atom. The van der Waals surface area contributed by atoms with Crippen molar-refractivity contribution < 1.29 is 13.2 Å². The molecule has 0 amide bonds. The van der Waals surface area contributed by atoms with Crippen LogP contribution < -0.4 is 5.73 Å². The second kappa shape index (κ2) is 7.83. The highest BCUT2D eigenvalue weighted by Gasteiger charge is 2.32. The molecule has 1 aliphatic rings. The van der Waals surface area contributed by atoms with Crippen molar-refractivity contribution in [1.29, 1.82) is 0 Å². The van der Waals surface area contributed by atoms with Crippen LogP contribution in [-0.4, -0.2) is 21.4 Å². The normalized spacial score (nSPS) is 17.6. The van der Waals surface area contributed by atoms with Gasteiger partial charge >= 0.3 is 6.18 Å². The molecule has 4 nitrogen and oxygen atoms in total. The van der Waals surface area contributed by atoms with Gasteiger partial charge in [0, 0.05) is 18.3 Å². The maximum Gasteiger partial charge on any atom is 0.416 e. The van der Waals surface area contributed by atoms with Gasteiger partial charge in [0.25, 0.3) is 0 Å². The molecule has 1 atom stereocenters. The third-order valence-electron chi connectivity index (χ3n) is 5.27. The Kier molecular flexibility index (Phi) is 5.24. The molecular formula is C22H21F3N4. The molecule has 7 heteroatoms. The minimum Gasteiger partial charge on any atom is -0.368 e. The maximum absolute atomic E-state index is 12.9. The third-order valence-corrected chi connectivity index (χ3v) is 5.27. The number of nitrogens with two attached hydrogens (primary N) is 1. The smallest absolute Gasteiger partial charge is 0.368 e. The molecule has 0 radical (unpaired) electrons. The molecule has 2 heterocycles. The lowest BCUT2D eigenvalue weighted by atomic mass is 9.98. The number of hydrogen-bond acceptors (Lipinski definition) is 4. The van der Waals surface area contributed by atoms with E-state index in [4.69, 9.17) is 5.73 Å². The molecule has 1 aliphatic heterocycles. The fourth-order valence-electron chi connectivity index (χ4n) is 3.87. The highest BCUT2D eigenvalue weighted by atomic mass is 19.4. The molecule has 2 N–H and O–H groups in total. The van der Waals surface area contributed by atoms with Crippen LogP contribution in [0.25, 0.3) is 11.1 Å². The largest absolute Gasteiger partial charge is 0.416 e. The fourth-order valence-corrected chi connectivity index (χ4v) is 3.87. The van der Waals surface area contributed by atoms with Gasteiger partial charge in [0.2, 0.25) is 5.95 Å². The minimum atomic E-state index is -4.36. The Morgan fingerprint density at radius 2 is 1.76 bits per heavy atom. The van der Waals surface area contributed by atoms with E-state index in [1.165, 1.54) is 17.7 Å². The SMILES string of the molecule is Nc1ncc(-c2ccc(C(F)(F)F)cc2)c([C@@H]2CCCN2Cc2ccccc2)n1. The van der Waals surface area contributed by atoms with Gasteiger partial charge in [-0.05, 0) is 42.6 Å². The fraction of sp³-hybridized carbons (Fsp3) is 0.273. The first-order valence-corrected chi connectivity index (χ1v) is 9.50. The van der Waals surface area contributed by atoms with Crippen molar-refractivity contribution in [2.24, 2.45) is 0 Å². The van der Waals surface area contributed by atoms with E-state index in [1.54, 1.807) is 6.20 Å². The molecule has 29 heavy (non-hydrogen) atoms. The number of nitrogen functional groups attached to an aromatic ring is 1. The zero-order chi connectivity index (χ0) is 20.4. The van der Waals surface area contributed by atoms with Gasteiger partial charge in [0.05, 0.1) is 17.3 Å². The van der Waals surface area contributed by atoms with E-state index in [-0.39, 0.29) is 12.0 Å². The lowest BCUT2D eigenvalue weighted by Crippen LogP contribution is -2.24. The third kappa shape index (κ3) is 4.24. The molecule has 2 aromatic carbocycles. The van der Waals surface area contributed by atoms with Gasteiger partial charge in [0.1, 0.15) is 0 Å². The summed E-state index contributed by atoms with van der Waals surface area (Å²) >= 11 is 0. The van der Waals surface area contributed by atoms with E-state index in [9.17, 15) is 13.2 Å². The lowest BCUT2D eigenvalue weighted by Gasteiger charge is -2.26. The molecule has 0 unspecified atom stereocenters. The highest BCUT2D eigenvalue weighted by Crippen LogP contribution is 2.38. The summed E-state index contributed by atoms with van der Waals surface area (Å²) in [6.45, 7) is 1.71. The quantitative estimate of drug-likeness (QED) is 0.666. The first-order valence-electron chi connectivity index (χ1n) is 9.50. The Bertz CT molecular complexity index is 972. The summed E-state index contributed by atoms with van der Waals surface area (Å²) in [4.78, 5) is 10.9.